The molecule has 0 bridgehead atoms. The number of phenolic OH excluding ortho intramolecular Hbond substituents is 1. The lowest BCUT2D eigenvalue weighted by atomic mass is 10.0. The van der Waals surface area contributed by atoms with E-state index in [4.69, 9.17) is 4.74 Å². The van der Waals surface area contributed by atoms with E-state index >= 15 is 0 Å². The second-order valence-corrected chi connectivity index (χ2v) is 9.36. The summed E-state index contributed by atoms with van der Waals surface area (Å²) in [5, 5.41) is 14.4. The van der Waals surface area contributed by atoms with Crippen LogP contribution in [0.2, 0.25) is 0 Å². The first-order valence-electron chi connectivity index (χ1n) is 11.0. The van der Waals surface area contributed by atoms with Gasteiger partial charge in [0.1, 0.15) is 24.4 Å². The maximum absolute atomic E-state index is 13.6. The molecule has 3 aromatic rings. The van der Waals surface area contributed by atoms with Gasteiger partial charge in [0.15, 0.2) is 5.78 Å². The minimum atomic E-state index is -0.894. The number of Topliss-reactive ketones (excluding diaryl/α,β-unsaturated/α-hetero) is 1. The van der Waals surface area contributed by atoms with Gasteiger partial charge < -0.3 is 20.1 Å². The van der Waals surface area contributed by atoms with Gasteiger partial charge >= 0.3 is 0 Å². The molecule has 5 rings (SSSR count). The van der Waals surface area contributed by atoms with Gasteiger partial charge in [-0.1, -0.05) is 18.2 Å². The number of nitrogens with zero attached hydrogens (tertiary/aromatic N) is 2. The number of pyridine rings is 1. The minimum absolute atomic E-state index is 0. The zero-order valence-electron chi connectivity index (χ0n) is 19.2. The lowest BCUT2D eigenvalue weighted by Gasteiger charge is -2.27. The predicted octanol–water partition coefficient (Wildman–Crippen LogP) is 2.65. The zero-order valence-corrected chi connectivity index (χ0v) is 22.0. The second kappa shape index (κ2) is 11.9. The summed E-state index contributed by atoms with van der Waals surface area (Å²) < 4.78 is 5.51. The summed E-state index contributed by atoms with van der Waals surface area (Å²) >= 11 is 1.55. The molecule has 2 amide bonds. The van der Waals surface area contributed by atoms with Crippen LogP contribution in [0.4, 0.5) is 0 Å². The summed E-state index contributed by atoms with van der Waals surface area (Å²) in [5.41, 5.74) is 1.93. The van der Waals surface area contributed by atoms with Gasteiger partial charge in [-0.2, -0.15) is 27.0 Å². The third kappa shape index (κ3) is 5.75. The molecule has 36 heavy (non-hydrogen) atoms. The Bertz CT molecular complexity index is 1220. The molecule has 2 saturated heterocycles. The number of ether oxygens (including phenoxy) is 1. The number of thiophene rings is 1. The molecule has 0 aliphatic carbocycles. The number of nitrogens with one attached hydrogen (secondary N) is 1. The van der Waals surface area contributed by atoms with Gasteiger partial charge in [0.2, 0.25) is 5.91 Å². The molecular formula is C25H27N3O5S3. The van der Waals surface area contributed by atoms with Gasteiger partial charge in [0.25, 0.3) is 5.91 Å². The van der Waals surface area contributed by atoms with Crippen LogP contribution < -0.4 is 5.32 Å². The highest BCUT2D eigenvalue weighted by molar-refractivity contribution is 7.59. The van der Waals surface area contributed by atoms with E-state index in [0.29, 0.717) is 18.5 Å². The largest absolute Gasteiger partial charge is 0.508 e. The molecule has 11 heteroatoms. The minimum Gasteiger partial charge on any atom is -0.508 e. The van der Waals surface area contributed by atoms with Crippen molar-refractivity contribution < 1.29 is 24.2 Å². The molecule has 4 heterocycles. The van der Waals surface area contributed by atoms with Crippen molar-refractivity contribution in [2.45, 2.75) is 31.0 Å². The number of phenols is 1. The fourth-order valence-corrected chi connectivity index (χ4v) is 5.20. The molecule has 3 atom stereocenters. The number of aromatic nitrogens is 1. The lowest BCUT2D eigenvalue weighted by Crippen LogP contribution is -2.53. The molecule has 2 aliphatic rings. The van der Waals surface area contributed by atoms with Crippen molar-refractivity contribution in [2.24, 2.45) is 0 Å². The van der Waals surface area contributed by atoms with Crippen LogP contribution in [0, 0.1) is 0 Å². The Kier molecular flexibility index (Phi) is 9.18. The number of amides is 2. The van der Waals surface area contributed by atoms with Crippen molar-refractivity contribution in [3.8, 4) is 16.2 Å². The van der Waals surface area contributed by atoms with Crippen molar-refractivity contribution in [2.75, 3.05) is 13.2 Å². The van der Waals surface area contributed by atoms with Crippen LogP contribution in [-0.2, 0) is 20.7 Å². The molecule has 0 saturated carbocycles. The number of carbonyl (C=O) groups excluding carboxylic acids is 3. The van der Waals surface area contributed by atoms with E-state index in [9.17, 15) is 19.5 Å². The molecule has 190 valence electrons. The summed E-state index contributed by atoms with van der Waals surface area (Å²) in [5.74, 6) is -0.746. The van der Waals surface area contributed by atoms with E-state index < -0.39 is 18.0 Å². The van der Waals surface area contributed by atoms with Crippen LogP contribution in [0.15, 0.2) is 60.2 Å². The Morgan fingerprint density at radius 1 is 1.19 bits per heavy atom. The fraction of sp³-hybridized carbons (Fsp3) is 0.280. The van der Waals surface area contributed by atoms with E-state index in [1.807, 2.05) is 17.5 Å². The Balaban J connectivity index is 0.00000180. The number of carbonyl (C=O) groups is 3. The number of likely N-dealkylation sites (tertiary alicyclic amines) is 1. The first kappa shape index (κ1) is 27.7. The summed E-state index contributed by atoms with van der Waals surface area (Å²) in [6, 6.07) is 10.6. The first-order valence-corrected chi connectivity index (χ1v) is 11.9. The Hall–Kier alpha value is -2.86. The molecule has 2 N–H and O–H groups in total. The highest BCUT2D eigenvalue weighted by Gasteiger charge is 2.48. The second-order valence-electron chi connectivity index (χ2n) is 8.42. The van der Waals surface area contributed by atoms with Gasteiger partial charge in [-0.05, 0) is 41.6 Å². The van der Waals surface area contributed by atoms with Gasteiger partial charge in [-0.25, -0.2) is 0 Å². The van der Waals surface area contributed by atoms with Gasteiger partial charge in [-0.3, -0.25) is 19.4 Å². The van der Waals surface area contributed by atoms with Crippen LogP contribution in [-0.4, -0.2) is 63.9 Å². The molecule has 0 spiro atoms. The molecule has 1 aromatic carbocycles. The van der Waals surface area contributed by atoms with Crippen molar-refractivity contribution in [3.63, 3.8) is 0 Å². The fourth-order valence-electron chi connectivity index (χ4n) is 4.49. The van der Waals surface area contributed by atoms with Crippen LogP contribution in [0.5, 0.6) is 5.75 Å². The Labute approximate surface area is 226 Å². The highest BCUT2D eigenvalue weighted by atomic mass is 32.1. The number of fused-ring (bicyclic) bond motifs is 1. The Morgan fingerprint density at radius 2 is 1.97 bits per heavy atom. The van der Waals surface area contributed by atoms with Crippen LogP contribution in [0.1, 0.15) is 22.3 Å². The van der Waals surface area contributed by atoms with E-state index in [1.54, 1.807) is 35.7 Å². The number of ketones is 1. The number of hydrogen-bond acceptors (Lipinski definition) is 7. The molecule has 2 aliphatic heterocycles. The van der Waals surface area contributed by atoms with Crippen molar-refractivity contribution in [3.05, 3.63) is 71.4 Å². The van der Waals surface area contributed by atoms with E-state index in [1.165, 1.54) is 23.2 Å². The molecule has 2 aromatic heterocycles. The third-order valence-electron chi connectivity index (χ3n) is 6.18. The van der Waals surface area contributed by atoms with Gasteiger partial charge in [0, 0.05) is 35.8 Å². The van der Waals surface area contributed by atoms with E-state index in [-0.39, 0.29) is 63.6 Å². The van der Waals surface area contributed by atoms with Crippen LogP contribution in [0.3, 0.4) is 0 Å². The summed E-state index contributed by atoms with van der Waals surface area (Å²) in [6.07, 6.45) is 3.68. The maximum atomic E-state index is 13.6. The zero-order chi connectivity index (χ0) is 23.7. The molecule has 0 radical (unpaired) electrons. The van der Waals surface area contributed by atoms with Gasteiger partial charge in [0.05, 0.1) is 11.7 Å². The lowest BCUT2D eigenvalue weighted by molar-refractivity contribution is -0.138. The average molecular weight is 546 g/mol. The molecule has 8 nitrogen and oxygen atoms in total. The van der Waals surface area contributed by atoms with Crippen molar-refractivity contribution in [1.82, 2.24) is 15.2 Å². The van der Waals surface area contributed by atoms with Gasteiger partial charge in [-0.15, -0.1) is 11.3 Å². The molecular weight excluding hydrogens is 518 g/mol. The SMILES string of the molecule is O=C(N[C@@H](Cc1ccc(O)cc1)C(=O)N1CC[C@H]2OCC(=O)[C@H]21)c1cncc(-c2cccs2)c1.S.S. The topological polar surface area (TPSA) is 109 Å². The molecule has 2 fully saturated rings. The normalized spacial score (nSPS) is 19.1. The van der Waals surface area contributed by atoms with E-state index in [2.05, 4.69) is 10.3 Å². The highest BCUT2D eigenvalue weighted by Crippen LogP contribution is 2.28. The predicted molar refractivity (Wildman–Crippen MR) is 146 cm³/mol. The standard InChI is InChI=1S/C25H23N3O5S.2H2S/c29-18-5-3-15(4-6-18)10-19(25(32)28-8-7-21-23(28)20(30)14-33-21)27-24(31)17-11-16(12-26-13-17)22-2-1-9-34-22;;/h1-6,9,11-13,19,21,23,29H,7-8,10,14H2,(H,27,31);2*1H2/t19-,21+,23+;;/m0../s1. The average Bonchev–Trinajstić information content (AvgIpc) is 3.60. The summed E-state index contributed by atoms with van der Waals surface area (Å²) in [7, 11) is 0. The van der Waals surface area contributed by atoms with Crippen LogP contribution in [0.25, 0.3) is 10.4 Å². The number of hydrogen-bond donors (Lipinski definition) is 2. The van der Waals surface area contributed by atoms with Crippen molar-refractivity contribution >= 4 is 55.9 Å². The van der Waals surface area contributed by atoms with Crippen LogP contribution >= 0.6 is 38.3 Å². The van der Waals surface area contributed by atoms with Crippen molar-refractivity contribution in [1.29, 1.82) is 0 Å². The molecule has 0 unspecified atom stereocenters. The number of rotatable bonds is 6. The Morgan fingerprint density at radius 3 is 2.69 bits per heavy atom. The summed E-state index contributed by atoms with van der Waals surface area (Å²) in [6.45, 7) is 0.409. The first-order chi connectivity index (χ1) is 16.5. The monoisotopic (exact) mass is 545 g/mol. The smallest absolute Gasteiger partial charge is 0.253 e. The quantitative estimate of drug-likeness (QED) is 0.493. The third-order valence-corrected chi connectivity index (χ3v) is 7.10. The maximum Gasteiger partial charge on any atom is 0.253 e. The number of benzene rings is 1. The number of aromatic hydroxyl groups is 1. The van der Waals surface area contributed by atoms with E-state index in [0.717, 1.165) is 16.0 Å². The summed E-state index contributed by atoms with van der Waals surface area (Å²) in [4.78, 5) is 45.8.